The van der Waals surface area contributed by atoms with Crippen molar-refractivity contribution in [3.8, 4) is 0 Å². The normalized spacial score (nSPS) is 20.8. The molecule has 0 spiro atoms. The van der Waals surface area contributed by atoms with E-state index < -0.39 is 32.7 Å². The quantitative estimate of drug-likeness (QED) is 0.536. The fourth-order valence-corrected chi connectivity index (χ4v) is 5.93. The van der Waals surface area contributed by atoms with E-state index in [9.17, 15) is 17.8 Å². The van der Waals surface area contributed by atoms with Crippen LogP contribution in [0, 0.1) is 17.3 Å². The third-order valence-corrected chi connectivity index (χ3v) is 7.55. The van der Waals surface area contributed by atoms with Gasteiger partial charge in [-0.3, -0.25) is 9.35 Å². The highest BCUT2D eigenvalue weighted by molar-refractivity contribution is 7.86. The Balaban J connectivity index is 2.61. The molecule has 1 aliphatic rings. The summed E-state index contributed by atoms with van der Waals surface area (Å²) in [7, 11) is -2.59. The fourth-order valence-electron chi connectivity index (χ4n) is 4.52. The van der Waals surface area contributed by atoms with Gasteiger partial charge in [-0.2, -0.15) is 8.42 Å². The first-order valence-corrected chi connectivity index (χ1v) is 11.1. The first-order valence-electron chi connectivity index (χ1n) is 9.17. The van der Waals surface area contributed by atoms with Gasteiger partial charge in [-0.05, 0) is 36.2 Å². The lowest BCUT2D eigenvalue weighted by Crippen LogP contribution is -2.45. The van der Waals surface area contributed by atoms with Gasteiger partial charge in [0.25, 0.3) is 10.1 Å². The van der Waals surface area contributed by atoms with Gasteiger partial charge in [-0.1, -0.05) is 63.4 Å². The zero-order valence-electron chi connectivity index (χ0n) is 15.4. The van der Waals surface area contributed by atoms with Gasteiger partial charge in [0.2, 0.25) is 0 Å². The predicted octanol–water partition coefficient (Wildman–Crippen LogP) is 4.56. The Labute approximate surface area is 158 Å². The van der Waals surface area contributed by atoms with Crippen LogP contribution in [0.2, 0.25) is 0 Å². The largest absolute Gasteiger partial charge is 0.451 e. The summed E-state index contributed by atoms with van der Waals surface area (Å²) in [6.45, 7) is 3.94. The maximum absolute atomic E-state index is 12.8. The molecule has 0 aromatic heterocycles. The summed E-state index contributed by atoms with van der Waals surface area (Å²) in [6.07, 6.45) is 5.85. The number of rotatable bonds is 7. The molecular weight excluding hydrogens is 371 g/mol. The summed E-state index contributed by atoms with van der Waals surface area (Å²) in [6, 6.07) is 8.46. The zero-order valence-corrected chi connectivity index (χ0v) is 17.4. The highest BCUT2D eigenvalue weighted by Gasteiger charge is 2.52. The van der Waals surface area contributed by atoms with E-state index >= 15 is 0 Å². The van der Waals surface area contributed by atoms with Gasteiger partial charge in [0.05, 0.1) is 15.4 Å². The maximum Gasteiger partial charge on any atom is 0.313 e. The lowest BCUT2D eigenvalue weighted by molar-refractivity contribution is -0.145. The molecule has 7 heteroatoms. The van der Waals surface area contributed by atoms with E-state index in [-0.39, 0.29) is 5.92 Å². The third-order valence-electron chi connectivity index (χ3n) is 6.13. The van der Waals surface area contributed by atoms with Gasteiger partial charge in [0.15, 0.2) is 0 Å². The number of carbonyl (C=O) groups is 1. The molecule has 1 aromatic carbocycles. The monoisotopic (exact) mass is 400 g/mol. The Morgan fingerprint density at radius 2 is 1.85 bits per heavy atom. The Kier molecular flexibility index (Phi) is 7.23. The molecule has 4 unspecified atom stereocenters. The van der Waals surface area contributed by atoms with Crippen molar-refractivity contribution in [1.82, 2.24) is 0 Å². The average molecular weight is 400 g/mol. The number of hydrogen-bond donors (Lipinski definition) is 1. The van der Waals surface area contributed by atoms with Crippen LogP contribution >= 0.6 is 9.47 Å². The van der Waals surface area contributed by atoms with E-state index in [4.69, 9.17) is 4.52 Å². The molecule has 2 rings (SSSR count). The Morgan fingerprint density at radius 1 is 1.27 bits per heavy atom. The SMILES string of the molecule is CCC(C)(C1CCCCC1)C(C(=O)OP)C(c1ccccc1)S(=O)(=O)O. The van der Waals surface area contributed by atoms with E-state index in [1.54, 1.807) is 30.3 Å². The van der Waals surface area contributed by atoms with Gasteiger partial charge in [-0.15, -0.1) is 0 Å². The number of benzene rings is 1. The molecule has 0 heterocycles. The van der Waals surface area contributed by atoms with E-state index in [1.807, 2.05) is 23.3 Å². The van der Waals surface area contributed by atoms with Crippen LogP contribution in [0.4, 0.5) is 0 Å². The lowest BCUT2D eigenvalue weighted by atomic mass is 9.60. The fraction of sp³-hybridized carbons (Fsp3) is 0.632. The Bertz CT molecular complexity index is 700. The van der Waals surface area contributed by atoms with Crippen molar-refractivity contribution in [1.29, 1.82) is 0 Å². The lowest BCUT2D eigenvalue weighted by Gasteiger charge is -2.45. The highest BCUT2D eigenvalue weighted by Crippen LogP contribution is 2.52. The van der Waals surface area contributed by atoms with Crippen LogP contribution in [0.3, 0.4) is 0 Å². The number of hydrogen-bond acceptors (Lipinski definition) is 4. The first-order chi connectivity index (χ1) is 12.3. The molecule has 0 aliphatic heterocycles. The molecule has 0 radical (unpaired) electrons. The van der Waals surface area contributed by atoms with Crippen molar-refractivity contribution in [2.24, 2.45) is 17.3 Å². The van der Waals surface area contributed by atoms with E-state index in [0.29, 0.717) is 12.0 Å². The van der Waals surface area contributed by atoms with Gasteiger partial charge in [0, 0.05) is 0 Å². The van der Waals surface area contributed by atoms with Crippen molar-refractivity contribution in [2.75, 3.05) is 0 Å². The molecule has 0 saturated heterocycles. The molecule has 1 saturated carbocycles. The van der Waals surface area contributed by atoms with Crippen LogP contribution in [0.25, 0.3) is 0 Å². The van der Waals surface area contributed by atoms with Crippen LogP contribution in [0.1, 0.15) is 63.2 Å². The van der Waals surface area contributed by atoms with Gasteiger partial charge >= 0.3 is 5.97 Å². The minimum atomic E-state index is -4.51. The summed E-state index contributed by atoms with van der Waals surface area (Å²) in [5.41, 5.74) is -0.185. The van der Waals surface area contributed by atoms with E-state index in [2.05, 4.69) is 0 Å². The second-order valence-corrected chi connectivity index (χ2v) is 9.23. The molecule has 1 aliphatic carbocycles. The van der Waals surface area contributed by atoms with Crippen LogP contribution in [-0.4, -0.2) is 18.9 Å². The van der Waals surface area contributed by atoms with Crippen molar-refractivity contribution < 1.29 is 22.3 Å². The Hall–Kier alpha value is -0.970. The molecular formula is C19H29O5PS. The molecule has 0 amide bonds. The van der Waals surface area contributed by atoms with E-state index in [1.165, 1.54) is 0 Å². The Morgan fingerprint density at radius 3 is 2.31 bits per heavy atom. The van der Waals surface area contributed by atoms with Gasteiger partial charge in [-0.25, -0.2) is 0 Å². The summed E-state index contributed by atoms with van der Waals surface area (Å²) < 4.78 is 39.8. The molecule has 0 bridgehead atoms. The minimum Gasteiger partial charge on any atom is -0.451 e. The molecule has 1 fully saturated rings. The zero-order chi connectivity index (χ0) is 19.4. The topological polar surface area (TPSA) is 80.7 Å². The van der Waals surface area contributed by atoms with Gasteiger partial charge in [0.1, 0.15) is 5.25 Å². The molecule has 26 heavy (non-hydrogen) atoms. The molecule has 5 nitrogen and oxygen atoms in total. The molecule has 4 atom stereocenters. The molecule has 146 valence electrons. The van der Waals surface area contributed by atoms with Crippen molar-refractivity contribution in [3.05, 3.63) is 35.9 Å². The standard InChI is InChI=1S/C19H29O5PS/c1-3-19(2,15-12-8-5-9-13-15)16(18(20)24-25)17(26(21,22)23)14-10-6-4-7-11-14/h4,6-7,10-11,15-17H,3,5,8-9,12-13,25H2,1-2H3,(H,21,22,23). The maximum atomic E-state index is 12.8. The second-order valence-electron chi connectivity index (χ2n) is 7.46. The van der Waals surface area contributed by atoms with E-state index in [0.717, 1.165) is 32.1 Å². The van der Waals surface area contributed by atoms with Crippen molar-refractivity contribution >= 4 is 25.6 Å². The smallest absolute Gasteiger partial charge is 0.313 e. The number of carbonyl (C=O) groups excluding carboxylic acids is 1. The van der Waals surface area contributed by atoms with Crippen molar-refractivity contribution in [2.45, 2.75) is 57.6 Å². The van der Waals surface area contributed by atoms with Crippen LogP contribution in [0.5, 0.6) is 0 Å². The minimum absolute atomic E-state index is 0.211. The summed E-state index contributed by atoms with van der Waals surface area (Å²) in [5.74, 6) is -1.38. The summed E-state index contributed by atoms with van der Waals surface area (Å²) in [4.78, 5) is 12.8. The van der Waals surface area contributed by atoms with Crippen LogP contribution in [0.15, 0.2) is 30.3 Å². The summed E-state index contributed by atoms with van der Waals surface area (Å²) in [5, 5.41) is -1.34. The predicted molar refractivity (Wildman–Crippen MR) is 105 cm³/mol. The first kappa shape index (κ1) is 21.3. The highest BCUT2D eigenvalue weighted by atomic mass is 32.2. The molecule has 1 aromatic rings. The average Bonchev–Trinajstić information content (AvgIpc) is 2.65. The third kappa shape index (κ3) is 4.47. The summed E-state index contributed by atoms with van der Waals surface area (Å²) >= 11 is 0. The van der Waals surface area contributed by atoms with Crippen LogP contribution < -0.4 is 0 Å². The second kappa shape index (κ2) is 8.81. The molecule has 1 N–H and O–H groups in total. The van der Waals surface area contributed by atoms with Crippen LogP contribution in [-0.2, 0) is 19.4 Å². The van der Waals surface area contributed by atoms with Gasteiger partial charge < -0.3 is 4.52 Å². The van der Waals surface area contributed by atoms with Crippen molar-refractivity contribution in [3.63, 3.8) is 0 Å².